The maximum absolute atomic E-state index is 12.1. The van der Waals surface area contributed by atoms with E-state index < -0.39 is 5.41 Å². The average Bonchev–Trinajstić information content (AvgIpc) is 3.13. The van der Waals surface area contributed by atoms with Crippen molar-refractivity contribution in [2.24, 2.45) is 10.4 Å². The van der Waals surface area contributed by atoms with Gasteiger partial charge < -0.3 is 25.6 Å². The molecule has 1 aliphatic rings. The number of methoxy groups -OCH3 is 1. The Kier molecular flexibility index (Phi) is 7.33. The van der Waals surface area contributed by atoms with Crippen molar-refractivity contribution in [1.29, 1.82) is 0 Å². The molecule has 0 aromatic heterocycles. The fourth-order valence-electron chi connectivity index (χ4n) is 3.16. The predicted molar refractivity (Wildman–Crippen MR) is 111 cm³/mol. The van der Waals surface area contributed by atoms with E-state index in [1.54, 1.807) is 14.2 Å². The third kappa shape index (κ3) is 5.52. The molecule has 1 amide bonds. The molecule has 27 heavy (non-hydrogen) atoms. The number of aliphatic imine (C=N–C) groups is 1. The number of guanidine groups is 1. The Morgan fingerprint density at radius 1 is 1.33 bits per heavy atom. The van der Waals surface area contributed by atoms with Crippen LogP contribution in [0, 0.1) is 5.41 Å². The molecule has 0 saturated carbocycles. The monoisotopic (exact) mass is 375 g/mol. The molecule has 1 heterocycles. The van der Waals surface area contributed by atoms with Crippen LogP contribution in [0.1, 0.15) is 27.2 Å². The number of rotatable bonds is 7. The van der Waals surface area contributed by atoms with Crippen LogP contribution in [0.5, 0.6) is 5.75 Å². The number of para-hydroxylation sites is 2. The van der Waals surface area contributed by atoms with Gasteiger partial charge in [-0.2, -0.15) is 0 Å². The normalized spacial score (nSPS) is 17.6. The van der Waals surface area contributed by atoms with Crippen LogP contribution in [0.15, 0.2) is 29.3 Å². The lowest BCUT2D eigenvalue weighted by Gasteiger charge is -2.26. The predicted octanol–water partition coefficient (Wildman–Crippen LogP) is 1.60. The number of ether oxygens (including phenoxy) is 1. The molecule has 150 valence electrons. The Bertz CT molecular complexity index is 660. The molecule has 0 spiro atoms. The maximum atomic E-state index is 12.1. The second kappa shape index (κ2) is 9.48. The molecule has 1 atom stereocenters. The van der Waals surface area contributed by atoms with Gasteiger partial charge in [0.05, 0.1) is 18.2 Å². The second-order valence-electron chi connectivity index (χ2n) is 7.42. The van der Waals surface area contributed by atoms with Crippen LogP contribution in [0.4, 0.5) is 5.69 Å². The van der Waals surface area contributed by atoms with Gasteiger partial charge in [-0.25, -0.2) is 0 Å². The minimum atomic E-state index is -0.507. The molecule has 1 saturated heterocycles. The maximum Gasteiger partial charge on any atom is 0.227 e. The zero-order valence-electron chi connectivity index (χ0n) is 17.1. The molecule has 0 aliphatic carbocycles. The fraction of sp³-hybridized carbons (Fsp3) is 0.600. The van der Waals surface area contributed by atoms with E-state index in [-0.39, 0.29) is 11.9 Å². The van der Waals surface area contributed by atoms with Crippen molar-refractivity contribution >= 4 is 17.6 Å². The van der Waals surface area contributed by atoms with Gasteiger partial charge in [-0.05, 0) is 39.3 Å². The quantitative estimate of drug-likeness (QED) is 0.498. The SMILES string of the molecule is CCNC(=O)C(C)(C)CNC(=NC)NC1CCN(c2ccccc2OC)C1. The van der Waals surface area contributed by atoms with E-state index in [2.05, 4.69) is 31.9 Å². The lowest BCUT2D eigenvalue weighted by Crippen LogP contribution is -2.50. The van der Waals surface area contributed by atoms with Crippen molar-refractivity contribution < 1.29 is 9.53 Å². The van der Waals surface area contributed by atoms with Crippen LogP contribution in [0.25, 0.3) is 0 Å². The van der Waals surface area contributed by atoms with Crippen molar-refractivity contribution in [2.75, 3.05) is 45.2 Å². The van der Waals surface area contributed by atoms with Crippen LogP contribution >= 0.6 is 0 Å². The van der Waals surface area contributed by atoms with Gasteiger partial charge in [0.2, 0.25) is 5.91 Å². The molecule has 1 aliphatic heterocycles. The third-order valence-corrected chi connectivity index (χ3v) is 4.83. The Balaban J connectivity index is 1.90. The summed E-state index contributed by atoms with van der Waals surface area (Å²) in [6, 6.07) is 8.37. The van der Waals surface area contributed by atoms with Crippen molar-refractivity contribution in [2.45, 2.75) is 33.2 Å². The zero-order valence-corrected chi connectivity index (χ0v) is 17.1. The molecular formula is C20H33N5O2. The van der Waals surface area contributed by atoms with E-state index in [0.29, 0.717) is 13.1 Å². The summed E-state index contributed by atoms with van der Waals surface area (Å²) in [5.74, 6) is 1.65. The Morgan fingerprint density at radius 3 is 2.74 bits per heavy atom. The van der Waals surface area contributed by atoms with E-state index in [9.17, 15) is 4.79 Å². The first kappa shape index (κ1) is 20.9. The highest BCUT2D eigenvalue weighted by Crippen LogP contribution is 2.30. The summed E-state index contributed by atoms with van der Waals surface area (Å²) in [7, 11) is 3.45. The smallest absolute Gasteiger partial charge is 0.227 e. The summed E-state index contributed by atoms with van der Waals surface area (Å²) in [6.07, 6.45) is 1.01. The molecule has 1 fully saturated rings. The van der Waals surface area contributed by atoms with Gasteiger partial charge in [0, 0.05) is 39.3 Å². The highest BCUT2D eigenvalue weighted by Gasteiger charge is 2.29. The van der Waals surface area contributed by atoms with E-state index in [4.69, 9.17) is 4.74 Å². The highest BCUT2D eigenvalue weighted by atomic mass is 16.5. The number of benzene rings is 1. The first-order chi connectivity index (χ1) is 12.9. The first-order valence-electron chi connectivity index (χ1n) is 9.54. The average molecular weight is 376 g/mol. The van der Waals surface area contributed by atoms with Crippen LogP contribution in [0.2, 0.25) is 0 Å². The molecule has 7 heteroatoms. The van der Waals surface area contributed by atoms with Crippen molar-refractivity contribution in [3.8, 4) is 5.75 Å². The van der Waals surface area contributed by atoms with Crippen molar-refractivity contribution in [3.05, 3.63) is 24.3 Å². The Morgan fingerprint density at radius 2 is 2.07 bits per heavy atom. The van der Waals surface area contributed by atoms with Crippen molar-refractivity contribution in [1.82, 2.24) is 16.0 Å². The topological polar surface area (TPSA) is 78.0 Å². The third-order valence-electron chi connectivity index (χ3n) is 4.83. The van der Waals surface area contributed by atoms with Crippen LogP contribution in [-0.4, -0.2) is 58.2 Å². The van der Waals surface area contributed by atoms with E-state index in [1.165, 1.54) is 0 Å². The number of hydrogen-bond acceptors (Lipinski definition) is 4. The minimum Gasteiger partial charge on any atom is -0.495 e. The molecular weight excluding hydrogens is 342 g/mol. The van der Waals surface area contributed by atoms with Crippen LogP contribution in [-0.2, 0) is 4.79 Å². The summed E-state index contributed by atoms with van der Waals surface area (Å²) in [5.41, 5.74) is 0.608. The summed E-state index contributed by atoms with van der Waals surface area (Å²) >= 11 is 0. The lowest BCUT2D eigenvalue weighted by atomic mass is 9.92. The molecule has 2 rings (SSSR count). The van der Waals surface area contributed by atoms with Crippen LogP contribution in [0.3, 0.4) is 0 Å². The molecule has 0 radical (unpaired) electrons. The van der Waals surface area contributed by atoms with E-state index in [1.807, 2.05) is 39.0 Å². The molecule has 0 bridgehead atoms. The second-order valence-corrected chi connectivity index (χ2v) is 7.42. The number of amides is 1. The number of nitrogens with zero attached hydrogens (tertiary/aromatic N) is 2. The Hall–Kier alpha value is -2.44. The summed E-state index contributed by atoms with van der Waals surface area (Å²) < 4.78 is 5.48. The number of carbonyl (C=O) groups is 1. The van der Waals surface area contributed by atoms with E-state index in [0.717, 1.165) is 36.9 Å². The summed E-state index contributed by atoms with van der Waals surface area (Å²) in [5, 5.41) is 9.64. The van der Waals surface area contributed by atoms with Crippen molar-refractivity contribution in [3.63, 3.8) is 0 Å². The molecule has 3 N–H and O–H groups in total. The fourth-order valence-corrected chi connectivity index (χ4v) is 3.16. The largest absolute Gasteiger partial charge is 0.495 e. The minimum absolute atomic E-state index is 0.0381. The molecule has 1 unspecified atom stereocenters. The molecule has 7 nitrogen and oxygen atoms in total. The van der Waals surface area contributed by atoms with Gasteiger partial charge in [-0.1, -0.05) is 12.1 Å². The summed E-state index contributed by atoms with van der Waals surface area (Å²) in [4.78, 5) is 18.8. The lowest BCUT2D eigenvalue weighted by molar-refractivity contribution is -0.128. The summed E-state index contributed by atoms with van der Waals surface area (Å²) in [6.45, 7) is 8.77. The van der Waals surface area contributed by atoms with E-state index >= 15 is 0 Å². The van der Waals surface area contributed by atoms with Gasteiger partial charge in [0.25, 0.3) is 0 Å². The van der Waals surface area contributed by atoms with Gasteiger partial charge in [-0.3, -0.25) is 9.79 Å². The van der Waals surface area contributed by atoms with Gasteiger partial charge in [0.15, 0.2) is 5.96 Å². The number of anilines is 1. The zero-order chi connectivity index (χ0) is 19.9. The Labute approximate surface area is 162 Å². The number of carbonyl (C=O) groups excluding carboxylic acids is 1. The van der Waals surface area contributed by atoms with Gasteiger partial charge in [0.1, 0.15) is 5.75 Å². The van der Waals surface area contributed by atoms with Crippen LogP contribution < -0.4 is 25.6 Å². The highest BCUT2D eigenvalue weighted by molar-refractivity contribution is 5.84. The standard InChI is InChI=1S/C20H33N5O2/c1-6-22-18(26)20(2,3)14-23-19(21-4)24-15-11-12-25(13-15)16-9-7-8-10-17(16)27-5/h7-10,15H,6,11-14H2,1-5H3,(H,22,26)(H2,21,23,24). The first-order valence-corrected chi connectivity index (χ1v) is 9.54. The van der Waals surface area contributed by atoms with Gasteiger partial charge >= 0.3 is 0 Å². The number of nitrogens with one attached hydrogen (secondary N) is 3. The molecule has 1 aromatic carbocycles. The van der Waals surface area contributed by atoms with Gasteiger partial charge in [-0.15, -0.1) is 0 Å². The molecule has 1 aromatic rings. The number of hydrogen-bond donors (Lipinski definition) is 3.